The molecule has 2 bridgehead atoms. The molecule has 0 aromatic heterocycles. The Labute approximate surface area is 105 Å². The van der Waals surface area contributed by atoms with Gasteiger partial charge in [-0.1, -0.05) is 19.1 Å². The number of aliphatic carboxylic acids is 1. The van der Waals surface area contributed by atoms with Crippen LogP contribution in [0.4, 0.5) is 0 Å². The summed E-state index contributed by atoms with van der Waals surface area (Å²) < 4.78 is 5.80. The third-order valence-corrected chi connectivity index (χ3v) is 4.54. The number of carboxylic acids is 1. The minimum Gasteiger partial charge on any atom is -0.481 e. The number of carbonyl (C=O) groups excluding carboxylic acids is 1. The van der Waals surface area contributed by atoms with E-state index in [0.29, 0.717) is 6.54 Å². The number of fused-ring (bicyclic) bond motifs is 1. The second-order valence-electron chi connectivity index (χ2n) is 5.46. The second-order valence-corrected chi connectivity index (χ2v) is 5.46. The van der Waals surface area contributed by atoms with E-state index in [1.54, 1.807) is 11.0 Å². The van der Waals surface area contributed by atoms with Crippen molar-refractivity contribution in [3.05, 3.63) is 12.2 Å². The van der Waals surface area contributed by atoms with Crippen LogP contribution in [0.1, 0.15) is 20.3 Å². The van der Waals surface area contributed by atoms with Crippen LogP contribution in [0.2, 0.25) is 0 Å². The van der Waals surface area contributed by atoms with Gasteiger partial charge in [-0.3, -0.25) is 9.59 Å². The Morgan fingerprint density at radius 2 is 2.44 bits per heavy atom. The quantitative estimate of drug-likeness (QED) is 0.748. The highest BCUT2D eigenvalue weighted by atomic mass is 16.5. The molecule has 5 heteroatoms. The van der Waals surface area contributed by atoms with Crippen molar-refractivity contribution in [2.24, 2.45) is 11.8 Å². The van der Waals surface area contributed by atoms with E-state index in [0.717, 1.165) is 6.42 Å². The van der Waals surface area contributed by atoms with Crippen molar-refractivity contribution in [3.63, 3.8) is 0 Å². The third-order valence-electron chi connectivity index (χ3n) is 4.54. The first-order chi connectivity index (χ1) is 8.50. The summed E-state index contributed by atoms with van der Waals surface area (Å²) in [6.07, 6.45) is 4.11. The lowest BCUT2D eigenvalue weighted by atomic mass is 9.77. The molecule has 5 nitrogen and oxygen atoms in total. The summed E-state index contributed by atoms with van der Waals surface area (Å²) in [5, 5.41) is 9.29. The summed E-state index contributed by atoms with van der Waals surface area (Å²) in [5.74, 6) is -2.27. The number of likely N-dealkylation sites (tertiary alicyclic amines) is 1. The van der Waals surface area contributed by atoms with Crippen LogP contribution in [0.3, 0.4) is 0 Å². The van der Waals surface area contributed by atoms with E-state index >= 15 is 0 Å². The minimum absolute atomic E-state index is 0.0661. The molecule has 5 atom stereocenters. The number of carboxylic acid groups (broad SMARTS) is 1. The van der Waals surface area contributed by atoms with Crippen LogP contribution in [0, 0.1) is 11.8 Å². The molecule has 0 unspecified atom stereocenters. The van der Waals surface area contributed by atoms with Gasteiger partial charge in [0, 0.05) is 6.04 Å². The maximum atomic E-state index is 12.4. The SMILES string of the molecule is CC[C@H](C)N1C[C@@]23C=C[C@@H](O2)[C@@H](C(=O)O)[C@@H]3C1=O. The van der Waals surface area contributed by atoms with Crippen molar-refractivity contribution in [1.82, 2.24) is 4.90 Å². The molecule has 3 heterocycles. The van der Waals surface area contributed by atoms with Crippen LogP contribution in [0.5, 0.6) is 0 Å². The summed E-state index contributed by atoms with van der Waals surface area (Å²) in [5.41, 5.74) is -0.686. The van der Waals surface area contributed by atoms with Gasteiger partial charge in [0.25, 0.3) is 0 Å². The van der Waals surface area contributed by atoms with Gasteiger partial charge in [0.1, 0.15) is 11.5 Å². The highest BCUT2D eigenvalue weighted by Crippen LogP contribution is 2.52. The van der Waals surface area contributed by atoms with Crippen molar-refractivity contribution >= 4 is 11.9 Å². The van der Waals surface area contributed by atoms with E-state index in [4.69, 9.17) is 4.74 Å². The maximum absolute atomic E-state index is 12.4. The molecule has 0 radical (unpaired) electrons. The zero-order chi connectivity index (χ0) is 13.1. The molecule has 1 spiro atoms. The standard InChI is InChI=1S/C13H17NO4/c1-3-7(2)14-6-13-5-4-8(18-13)9(12(16)17)10(13)11(14)15/h4-5,7-10H,3,6H2,1-2H3,(H,16,17)/t7-,8+,9+,10+,13+/m0/s1. The predicted molar refractivity (Wildman–Crippen MR) is 62.8 cm³/mol. The van der Waals surface area contributed by atoms with Crippen molar-refractivity contribution in [3.8, 4) is 0 Å². The van der Waals surface area contributed by atoms with E-state index in [-0.39, 0.29) is 11.9 Å². The topological polar surface area (TPSA) is 66.8 Å². The highest BCUT2D eigenvalue weighted by molar-refractivity contribution is 5.90. The first-order valence-corrected chi connectivity index (χ1v) is 6.40. The van der Waals surface area contributed by atoms with Gasteiger partial charge in [0.05, 0.1) is 18.6 Å². The zero-order valence-electron chi connectivity index (χ0n) is 10.5. The molecular formula is C13H17NO4. The molecule has 1 amide bonds. The Hall–Kier alpha value is -1.36. The maximum Gasteiger partial charge on any atom is 0.310 e. The number of hydrogen-bond donors (Lipinski definition) is 1. The van der Waals surface area contributed by atoms with E-state index in [9.17, 15) is 14.7 Å². The summed E-state index contributed by atoms with van der Waals surface area (Å²) in [6.45, 7) is 4.50. The number of carbonyl (C=O) groups is 2. The van der Waals surface area contributed by atoms with E-state index in [2.05, 4.69) is 0 Å². The Morgan fingerprint density at radius 1 is 1.72 bits per heavy atom. The van der Waals surface area contributed by atoms with Crippen molar-refractivity contribution in [2.75, 3.05) is 6.54 Å². The molecule has 0 saturated carbocycles. The first kappa shape index (κ1) is 11.7. The summed E-state index contributed by atoms with van der Waals surface area (Å²) in [4.78, 5) is 25.5. The number of nitrogens with zero attached hydrogens (tertiary/aromatic N) is 1. The van der Waals surface area contributed by atoms with Gasteiger partial charge < -0.3 is 14.7 Å². The highest BCUT2D eigenvalue weighted by Gasteiger charge is 2.67. The summed E-state index contributed by atoms with van der Waals surface area (Å²) >= 11 is 0. The van der Waals surface area contributed by atoms with Gasteiger partial charge in [-0.25, -0.2) is 0 Å². The molecule has 98 valence electrons. The molecular weight excluding hydrogens is 234 g/mol. The molecule has 2 fully saturated rings. The molecule has 3 aliphatic rings. The average molecular weight is 251 g/mol. The van der Waals surface area contributed by atoms with Gasteiger partial charge in [-0.2, -0.15) is 0 Å². The number of rotatable bonds is 3. The van der Waals surface area contributed by atoms with Crippen LogP contribution in [0.25, 0.3) is 0 Å². The van der Waals surface area contributed by atoms with E-state index in [1.807, 2.05) is 19.9 Å². The third kappa shape index (κ3) is 1.25. The largest absolute Gasteiger partial charge is 0.481 e. The van der Waals surface area contributed by atoms with Gasteiger partial charge in [0.2, 0.25) is 5.91 Å². The Bertz CT molecular complexity index is 446. The molecule has 1 N–H and O–H groups in total. The first-order valence-electron chi connectivity index (χ1n) is 6.40. The smallest absolute Gasteiger partial charge is 0.310 e. The van der Waals surface area contributed by atoms with Crippen LogP contribution in [0.15, 0.2) is 12.2 Å². The number of ether oxygens (including phenoxy) is 1. The Morgan fingerprint density at radius 3 is 3.06 bits per heavy atom. The fourth-order valence-electron chi connectivity index (χ4n) is 3.40. The predicted octanol–water partition coefficient (Wildman–Crippen LogP) is 0.651. The van der Waals surface area contributed by atoms with E-state index < -0.39 is 29.5 Å². The average Bonchev–Trinajstić information content (AvgIpc) is 2.96. The molecule has 2 saturated heterocycles. The number of amides is 1. The van der Waals surface area contributed by atoms with Gasteiger partial charge >= 0.3 is 5.97 Å². The Balaban J connectivity index is 1.97. The van der Waals surface area contributed by atoms with Crippen molar-refractivity contribution in [2.45, 2.75) is 38.0 Å². The molecule has 18 heavy (non-hydrogen) atoms. The molecule has 3 aliphatic heterocycles. The summed E-state index contributed by atoms with van der Waals surface area (Å²) in [6, 6.07) is 0.128. The zero-order valence-corrected chi connectivity index (χ0v) is 10.5. The van der Waals surface area contributed by atoms with Crippen LogP contribution in [-0.2, 0) is 14.3 Å². The van der Waals surface area contributed by atoms with Gasteiger partial charge in [0.15, 0.2) is 0 Å². The summed E-state index contributed by atoms with van der Waals surface area (Å²) in [7, 11) is 0. The van der Waals surface area contributed by atoms with Crippen LogP contribution >= 0.6 is 0 Å². The fourth-order valence-corrected chi connectivity index (χ4v) is 3.40. The molecule has 0 aromatic rings. The fraction of sp³-hybridized carbons (Fsp3) is 0.692. The van der Waals surface area contributed by atoms with Gasteiger partial charge in [-0.15, -0.1) is 0 Å². The molecule has 0 aromatic carbocycles. The normalized spacial score (nSPS) is 42.4. The van der Waals surface area contributed by atoms with Crippen LogP contribution < -0.4 is 0 Å². The van der Waals surface area contributed by atoms with Crippen molar-refractivity contribution < 1.29 is 19.4 Å². The van der Waals surface area contributed by atoms with Crippen molar-refractivity contribution in [1.29, 1.82) is 0 Å². The lowest BCUT2D eigenvalue weighted by molar-refractivity contribution is -0.148. The minimum atomic E-state index is -0.935. The van der Waals surface area contributed by atoms with E-state index in [1.165, 1.54) is 0 Å². The lowest BCUT2D eigenvalue weighted by Gasteiger charge is -2.26. The lowest BCUT2D eigenvalue weighted by Crippen LogP contribution is -2.40. The van der Waals surface area contributed by atoms with Gasteiger partial charge in [-0.05, 0) is 13.3 Å². The van der Waals surface area contributed by atoms with Crippen LogP contribution in [-0.4, -0.2) is 46.2 Å². The Kier molecular flexibility index (Phi) is 2.32. The second kappa shape index (κ2) is 3.57. The number of hydrogen-bond acceptors (Lipinski definition) is 3. The molecule has 0 aliphatic carbocycles. The molecule has 3 rings (SSSR count). The monoisotopic (exact) mass is 251 g/mol.